The van der Waals surface area contributed by atoms with E-state index in [4.69, 9.17) is 4.74 Å². The number of carbonyl (C=O) groups excluding carboxylic acids is 2. The number of nitrogens with zero attached hydrogens (tertiary/aromatic N) is 1. The van der Waals surface area contributed by atoms with Gasteiger partial charge in [-0.25, -0.2) is 4.79 Å². The lowest BCUT2D eigenvalue weighted by atomic mass is 10.1. The Bertz CT molecular complexity index is 283. The molecule has 1 unspecified atom stereocenters. The first-order valence-corrected chi connectivity index (χ1v) is 6.27. The van der Waals surface area contributed by atoms with E-state index in [1.807, 2.05) is 27.7 Å². The van der Waals surface area contributed by atoms with Crippen LogP contribution in [0, 0.1) is 5.92 Å². The predicted molar refractivity (Wildman–Crippen MR) is 69.3 cm³/mol. The van der Waals surface area contributed by atoms with Crippen molar-refractivity contribution in [3.8, 4) is 0 Å². The highest BCUT2D eigenvalue weighted by Gasteiger charge is 2.22. The average Bonchev–Trinajstić information content (AvgIpc) is 2.26. The first-order chi connectivity index (χ1) is 8.21. The van der Waals surface area contributed by atoms with E-state index in [-0.39, 0.29) is 18.0 Å². The molecule has 0 N–H and O–H groups in total. The summed E-state index contributed by atoms with van der Waals surface area (Å²) in [6.45, 7) is 10.2. The molecule has 0 spiro atoms. The van der Waals surface area contributed by atoms with Gasteiger partial charge in [0, 0.05) is 13.1 Å². The molecule has 0 aliphatic rings. The molecule has 0 aliphatic carbocycles. The fourth-order valence-electron chi connectivity index (χ4n) is 1.37. The van der Waals surface area contributed by atoms with Gasteiger partial charge in [0.1, 0.15) is 5.60 Å². The second-order valence-corrected chi connectivity index (χ2v) is 5.27. The molecule has 1 atom stereocenters. The lowest BCUT2D eigenvalue weighted by Gasteiger charge is -2.27. The van der Waals surface area contributed by atoms with E-state index >= 15 is 0 Å². The van der Waals surface area contributed by atoms with Crippen LogP contribution in [0.4, 0.5) is 4.79 Å². The van der Waals surface area contributed by atoms with Crippen molar-refractivity contribution in [1.29, 1.82) is 0 Å². The zero-order valence-corrected chi connectivity index (χ0v) is 12.3. The van der Waals surface area contributed by atoms with Crippen molar-refractivity contribution in [2.45, 2.75) is 46.6 Å². The molecule has 0 aliphatic heterocycles. The van der Waals surface area contributed by atoms with E-state index in [2.05, 4.69) is 4.74 Å². The van der Waals surface area contributed by atoms with E-state index in [0.29, 0.717) is 19.5 Å². The number of rotatable bonds is 5. The smallest absolute Gasteiger partial charge is 0.410 e. The summed E-state index contributed by atoms with van der Waals surface area (Å²) in [5, 5.41) is 0. The molecule has 0 aromatic rings. The molecule has 5 heteroatoms. The third-order valence-electron chi connectivity index (χ3n) is 2.47. The van der Waals surface area contributed by atoms with E-state index in [0.717, 1.165) is 0 Å². The SMILES string of the molecule is CCN(CCC(C)C(=O)OC)C(=O)OC(C)(C)C. The number of hydrogen-bond acceptors (Lipinski definition) is 4. The summed E-state index contributed by atoms with van der Waals surface area (Å²) in [6.07, 6.45) is 0.224. The van der Waals surface area contributed by atoms with Gasteiger partial charge >= 0.3 is 12.1 Å². The van der Waals surface area contributed by atoms with Gasteiger partial charge in [0.2, 0.25) is 0 Å². The maximum absolute atomic E-state index is 11.8. The number of ether oxygens (including phenoxy) is 2. The largest absolute Gasteiger partial charge is 0.469 e. The number of hydrogen-bond donors (Lipinski definition) is 0. The summed E-state index contributed by atoms with van der Waals surface area (Å²) >= 11 is 0. The third kappa shape index (κ3) is 6.47. The fraction of sp³-hybridized carbons (Fsp3) is 0.846. The summed E-state index contributed by atoms with van der Waals surface area (Å²) < 4.78 is 9.93. The monoisotopic (exact) mass is 259 g/mol. The topological polar surface area (TPSA) is 55.8 Å². The summed E-state index contributed by atoms with van der Waals surface area (Å²) in [6, 6.07) is 0. The molecule has 0 rings (SSSR count). The molecule has 0 radical (unpaired) electrons. The number of carbonyl (C=O) groups is 2. The minimum Gasteiger partial charge on any atom is -0.469 e. The van der Waals surface area contributed by atoms with Crippen LogP contribution in [0.2, 0.25) is 0 Å². The minimum absolute atomic E-state index is 0.216. The van der Waals surface area contributed by atoms with E-state index in [9.17, 15) is 9.59 Å². The Labute approximate surface area is 109 Å². The normalized spacial score (nSPS) is 12.8. The van der Waals surface area contributed by atoms with E-state index in [1.54, 1.807) is 11.8 Å². The van der Waals surface area contributed by atoms with Gasteiger partial charge in [0.15, 0.2) is 0 Å². The molecule has 5 nitrogen and oxygen atoms in total. The summed E-state index contributed by atoms with van der Waals surface area (Å²) in [5.41, 5.74) is -0.502. The van der Waals surface area contributed by atoms with Gasteiger partial charge in [0.05, 0.1) is 13.0 Å². The van der Waals surface area contributed by atoms with Crippen molar-refractivity contribution in [3.63, 3.8) is 0 Å². The second-order valence-electron chi connectivity index (χ2n) is 5.27. The van der Waals surface area contributed by atoms with Crippen LogP contribution in [-0.4, -0.2) is 42.8 Å². The Morgan fingerprint density at radius 2 is 1.83 bits per heavy atom. The minimum atomic E-state index is -0.502. The van der Waals surface area contributed by atoms with Gasteiger partial charge in [-0.1, -0.05) is 6.92 Å². The molecule has 0 bridgehead atoms. The molecule has 0 heterocycles. The van der Waals surface area contributed by atoms with Crippen LogP contribution in [0.1, 0.15) is 41.0 Å². The van der Waals surface area contributed by atoms with Crippen molar-refractivity contribution >= 4 is 12.1 Å². The Hall–Kier alpha value is -1.26. The molecule has 1 amide bonds. The molecular weight excluding hydrogens is 234 g/mol. The highest BCUT2D eigenvalue weighted by atomic mass is 16.6. The zero-order valence-electron chi connectivity index (χ0n) is 12.3. The van der Waals surface area contributed by atoms with E-state index in [1.165, 1.54) is 7.11 Å². The van der Waals surface area contributed by atoms with Crippen LogP contribution >= 0.6 is 0 Å². The lowest BCUT2D eigenvalue weighted by molar-refractivity contribution is -0.145. The highest BCUT2D eigenvalue weighted by molar-refractivity contribution is 5.72. The van der Waals surface area contributed by atoms with Crippen molar-refractivity contribution in [1.82, 2.24) is 4.90 Å². The van der Waals surface area contributed by atoms with Crippen molar-refractivity contribution in [2.75, 3.05) is 20.2 Å². The first-order valence-electron chi connectivity index (χ1n) is 6.27. The fourth-order valence-corrected chi connectivity index (χ4v) is 1.37. The molecule has 18 heavy (non-hydrogen) atoms. The predicted octanol–water partition coefficient (Wildman–Crippen LogP) is 2.44. The van der Waals surface area contributed by atoms with Crippen molar-refractivity contribution < 1.29 is 19.1 Å². The van der Waals surface area contributed by atoms with Gasteiger partial charge < -0.3 is 14.4 Å². The Balaban J connectivity index is 4.27. The quantitative estimate of drug-likeness (QED) is 0.712. The number of amides is 1. The number of esters is 1. The molecule has 0 fully saturated rings. The van der Waals surface area contributed by atoms with Crippen LogP contribution in [0.3, 0.4) is 0 Å². The van der Waals surface area contributed by atoms with Gasteiger partial charge in [-0.15, -0.1) is 0 Å². The van der Waals surface area contributed by atoms with Crippen LogP contribution in [0.15, 0.2) is 0 Å². The Morgan fingerprint density at radius 1 is 1.28 bits per heavy atom. The van der Waals surface area contributed by atoms with Crippen LogP contribution in [-0.2, 0) is 14.3 Å². The molecule has 0 aromatic carbocycles. The van der Waals surface area contributed by atoms with Crippen molar-refractivity contribution in [2.24, 2.45) is 5.92 Å². The van der Waals surface area contributed by atoms with Gasteiger partial charge in [0.25, 0.3) is 0 Å². The third-order valence-corrected chi connectivity index (χ3v) is 2.47. The maximum atomic E-state index is 11.8. The molecular formula is C13H25NO4. The van der Waals surface area contributed by atoms with E-state index < -0.39 is 5.60 Å². The lowest BCUT2D eigenvalue weighted by Crippen LogP contribution is -2.38. The summed E-state index contributed by atoms with van der Waals surface area (Å²) in [5.74, 6) is -0.471. The summed E-state index contributed by atoms with van der Waals surface area (Å²) in [4.78, 5) is 24.7. The van der Waals surface area contributed by atoms with Crippen LogP contribution < -0.4 is 0 Å². The highest BCUT2D eigenvalue weighted by Crippen LogP contribution is 2.12. The standard InChI is InChI=1S/C13H25NO4/c1-7-14(12(16)18-13(3,4)5)9-8-10(2)11(15)17-6/h10H,7-9H2,1-6H3. The van der Waals surface area contributed by atoms with Crippen molar-refractivity contribution in [3.05, 3.63) is 0 Å². The molecule has 0 saturated carbocycles. The van der Waals surface area contributed by atoms with Crippen LogP contribution in [0.5, 0.6) is 0 Å². The average molecular weight is 259 g/mol. The Morgan fingerprint density at radius 3 is 2.22 bits per heavy atom. The molecule has 0 saturated heterocycles. The van der Waals surface area contributed by atoms with Gasteiger partial charge in [-0.2, -0.15) is 0 Å². The van der Waals surface area contributed by atoms with Gasteiger partial charge in [-0.05, 0) is 34.1 Å². The number of methoxy groups -OCH3 is 1. The molecule has 0 aromatic heterocycles. The van der Waals surface area contributed by atoms with Crippen LogP contribution in [0.25, 0.3) is 0 Å². The van der Waals surface area contributed by atoms with Gasteiger partial charge in [-0.3, -0.25) is 4.79 Å². The maximum Gasteiger partial charge on any atom is 0.410 e. The summed E-state index contributed by atoms with van der Waals surface area (Å²) in [7, 11) is 1.37. The molecule has 106 valence electrons. The second kappa shape index (κ2) is 7.24. The zero-order chi connectivity index (χ0) is 14.3. The Kier molecular flexibility index (Phi) is 6.73. The first kappa shape index (κ1) is 16.7.